The minimum Gasteiger partial charge on any atom is -0.316 e. The van der Waals surface area contributed by atoms with Crippen molar-refractivity contribution in [2.45, 2.75) is 39.5 Å². The SMILES string of the molecule is CCCC(C)CC1(Cc2ccccc2)CNC1. The lowest BCUT2D eigenvalue weighted by Gasteiger charge is -2.45. The van der Waals surface area contributed by atoms with Crippen molar-refractivity contribution in [3.8, 4) is 0 Å². The molecule has 0 saturated carbocycles. The first-order valence-electron chi connectivity index (χ1n) is 6.99. The minimum atomic E-state index is 0.538. The lowest BCUT2D eigenvalue weighted by atomic mass is 9.70. The first-order valence-corrected chi connectivity index (χ1v) is 6.99. The Balaban J connectivity index is 1.95. The molecule has 0 bridgehead atoms. The standard InChI is InChI=1S/C16H25N/c1-3-7-14(2)10-16(12-17-13-16)11-15-8-5-4-6-9-15/h4-6,8-9,14,17H,3,7,10-13H2,1-2H3. The van der Waals surface area contributed by atoms with Crippen LogP contribution in [0.5, 0.6) is 0 Å². The van der Waals surface area contributed by atoms with Crippen LogP contribution in [0, 0.1) is 11.3 Å². The molecule has 0 aromatic heterocycles. The minimum absolute atomic E-state index is 0.538. The summed E-state index contributed by atoms with van der Waals surface area (Å²) in [6.07, 6.45) is 5.31. The van der Waals surface area contributed by atoms with E-state index < -0.39 is 0 Å². The van der Waals surface area contributed by atoms with Crippen LogP contribution < -0.4 is 5.32 Å². The largest absolute Gasteiger partial charge is 0.316 e. The Kier molecular flexibility index (Phi) is 4.22. The molecule has 0 aliphatic carbocycles. The highest BCUT2D eigenvalue weighted by Crippen LogP contribution is 2.35. The molecule has 1 aliphatic heterocycles. The summed E-state index contributed by atoms with van der Waals surface area (Å²) in [4.78, 5) is 0. The van der Waals surface area contributed by atoms with Gasteiger partial charge in [-0.2, -0.15) is 0 Å². The van der Waals surface area contributed by atoms with E-state index in [4.69, 9.17) is 0 Å². The summed E-state index contributed by atoms with van der Waals surface area (Å²) in [5, 5.41) is 3.47. The van der Waals surface area contributed by atoms with Crippen molar-refractivity contribution in [2.24, 2.45) is 11.3 Å². The number of benzene rings is 1. The summed E-state index contributed by atoms with van der Waals surface area (Å²) in [7, 11) is 0. The van der Waals surface area contributed by atoms with Crippen LogP contribution in [-0.2, 0) is 6.42 Å². The van der Waals surface area contributed by atoms with Gasteiger partial charge in [0.25, 0.3) is 0 Å². The highest BCUT2D eigenvalue weighted by Gasteiger charge is 2.37. The zero-order valence-corrected chi connectivity index (χ0v) is 11.2. The van der Waals surface area contributed by atoms with Crippen LogP contribution >= 0.6 is 0 Å². The summed E-state index contributed by atoms with van der Waals surface area (Å²) in [6.45, 7) is 7.11. The van der Waals surface area contributed by atoms with E-state index >= 15 is 0 Å². The van der Waals surface area contributed by atoms with Crippen LogP contribution in [0.15, 0.2) is 30.3 Å². The van der Waals surface area contributed by atoms with Crippen LogP contribution in [0.4, 0.5) is 0 Å². The third-order valence-electron chi connectivity index (χ3n) is 3.98. The Hall–Kier alpha value is -0.820. The van der Waals surface area contributed by atoms with E-state index in [-0.39, 0.29) is 0 Å². The molecular formula is C16H25N. The summed E-state index contributed by atoms with van der Waals surface area (Å²) in [5.74, 6) is 0.866. The second-order valence-electron chi connectivity index (χ2n) is 5.86. The molecule has 1 unspecified atom stereocenters. The Morgan fingerprint density at radius 1 is 1.24 bits per heavy atom. The van der Waals surface area contributed by atoms with Crippen molar-refractivity contribution >= 4 is 0 Å². The van der Waals surface area contributed by atoms with E-state index in [0.717, 1.165) is 5.92 Å². The molecule has 1 nitrogen and oxygen atoms in total. The molecule has 2 rings (SSSR count). The summed E-state index contributed by atoms with van der Waals surface area (Å²) in [5.41, 5.74) is 2.04. The van der Waals surface area contributed by atoms with Gasteiger partial charge in [0.15, 0.2) is 0 Å². The van der Waals surface area contributed by atoms with E-state index in [1.807, 2.05) is 0 Å². The molecule has 1 aliphatic rings. The van der Waals surface area contributed by atoms with Crippen molar-refractivity contribution in [2.75, 3.05) is 13.1 Å². The summed E-state index contributed by atoms with van der Waals surface area (Å²) < 4.78 is 0. The van der Waals surface area contributed by atoms with Crippen molar-refractivity contribution in [3.05, 3.63) is 35.9 Å². The molecule has 1 aromatic carbocycles. The highest BCUT2D eigenvalue weighted by atomic mass is 15.0. The van der Waals surface area contributed by atoms with Crippen LogP contribution in [0.25, 0.3) is 0 Å². The number of hydrogen-bond donors (Lipinski definition) is 1. The predicted octanol–water partition coefficient (Wildman–Crippen LogP) is 3.65. The first kappa shape index (κ1) is 12.6. The van der Waals surface area contributed by atoms with Crippen LogP contribution in [0.2, 0.25) is 0 Å². The lowest BCUT2D eigenvalue weighted by Crippen LogP contribution is -2.55. The fourth-order valence-corrected chi connectivity index (χ4v) is 3.18. The third kappa shape index (κ3) is 3.32. The van der Waals surface area contributed by atoms with Crippen molar-refractivity contribution < 1.29 is 0 Å². The molecule has 94 valence electrons. The monoisotopic (exact) mass is 231 g/mol. The van der Waals surface area contributed by atoms with Crippen molar-refractivity contribution in [1.29, 1.82) is 0 Å². The number of nitrogens with one attached hydrogen (secondary N) is 1. The number of hydrogen-bond acceptors (Lipinski definition) is 1. The fraction of sp³-hybridized carbons (Fsp3) is 0.625. The van der Waals surface area contributed by atoms with E-state index in [0.29, 0.717) is 5.41 Å². The van der Waals surface area contributed by atoms with E-state index in [9.17, 15) is 0 Å². The average Bonchev–Trinajstić information content (AvgIpc) is 2.28. The normalized spacial score (nSPS) is 19.6. The van der Waals surface area contributed by atoms with Gasteiger partial charge in [-0.15, -0.1) is 0 Å². The van der Waals surface area contributed by atoms with Crippen molar-refractivity contribution in [3.63, 3.8) is 0 Å². The molecule has 0 spiro atoms. The molecule has 1 fully saturated rings. The van der Waals surface area contributed by atoms with Crippen molar-refractivity contribution in [1.82, 2.24) is 5.32 Å². The van der Waals surface area contributed by atoms with Gasteiger partial charge in [0, 0.05) is 13.1 Å². The van der Waals surface area contributed by atoms with Gasteiger partial charge in [-0.3, -0.25) is 0 Å². The molecule has 1 heteroatoms. The molecule has 17 heavy (non-hydrogen) atoms. The molecule has 1 saturated heterocycles. The molecule has 0 amide bonds. The second kappa shape index (κ2) is 5.68. The van der Waals surface area contributed by atoms with E-state index in [1.165, 1.54) is 44.3 Å². The maximum absolute atomic E-state index is 3.47. The maximum Gasteiger partial charge on any atom is 0.00235 e. The van der Waals surface area contributed by atoms with E-state index in [1.54, 1.807) is 0 Å². The van der Waals surface area contributed by atoms with Crippen LogP contribution in [0.1, 0.15) is 38.7 Å². The molecule has 1 N–H and O–H groups in total. The zero-order valence-electron chi connectivity index (χ0n) is 11.2. The van der Waals surface area contributed by atoms with Gasteiger partial charge in [-0.05, 0) is 29.7 Å². The maximum atomic E-state index is 3.47. The Bertz CT molecular complexity index is 327. The van der Waals surface area contributed by atoms with Gasteiger partial charge in [-0.25, -0.2) is 0 Å². The fourth-order valence-electron chi connectivity index (χ4n) is 3.18. The van der Waals surface area contributed by atoms with Gasteiger partial charge in [-0.1, -0.05) is 57.0 Å². The van der Waals surface area contributed by atoms with E-state index in [2.05, 4.69) is 49.5 Å². The third-order valence-corrected chi connectivity index (χ3v) is 3.98. The Morgan fingerprint density at radius 3 is 2.47 bits per heavy atom. The van der Waals surface area contributed by atoms with Gasteiger partial charge < -0.3 is 5.32 Å². The summed E-state index contributed by atoms with van der Waals surface area (Å²) in [6, 6.07) is 11.0. The topological polar surface area (TPSA) is 12.0 Å². The Morgan fingerprint density at radius 2 is 1.94 bits per heavy atom. The van der Waals surface area contributed by atoms with Gasteiger partial charge >= 0.3 is 0 Å². The first-order chi connectivity index (χ1) is 8.24. The smallest absolute Gasteiger partial charge is 0.00235 e. The Labute approximate surface area is 106 Å². The average molecular weight is 231 g/mol. The second-order valence-corrected chi connectivity index (χ2v) is 5.86. The highest BCUT2D eigenvalue weighted by molar-refractivity contribution is 5.18. The molecular weight excluding hydrogens is 206 g/mol. The molecule has 1 heterocycles. The number of rotatable bonds is 6. The molecule has 1 atom stereocenters. The zero-order chi connectivity index (χ0) is 12.1. The quantitative estimate of drug-likeness (QED) is 0.788. The van der Waals surface area contributed by atoms with Gasteiger partial charge in [0.1, 0.15) is 0 Å². The lowest BCUT2D eigenvalue weighted by molar-refractivity contribution is 0.124. The predicted molar refractivity (Wildman–Crippen MR) is 74.1 cm³/mol. The van der Waals surface area contributed by atoms with Crippen LogP contribution in [0.3, 0.4) is 0 Å². The molecule has 0 radical (unpaired) electrons. The van der Waals surface area contributed by atoms with Crippen LogP contribution in [-0.4, -0.2) is 13.1 Å². The molecule has 1 aromatic rings. The van der Waals surface area contributed by atoms with Gasteiger partial charge in [0.05, 0.1) is 0 Å². The summed E-state index contributed by atoms with van der Waals surface area (Å²) >= 11 is 0. The van der Waals surface area contributed by atoms with Gasteiger partial charge in [0.2, 0.25) is 0 Å².